The highest BCUT2D eigenvalue weighted by Gasteiger charge is 2.26. The molecule has 2 aromatic rings. The van der Waals surface area contributed by atoms with Crippen LogP contribution in [0.1, 0.15) is 36.5 Å². The van der Waals surface area contributed by atoms with Gasteiger partial charge in [0, 0.05) is 24.0 Å². The van der Waals surface area contributed by atoms with Gasteiger partial charge in [-0.25, -0.2) is 14.4 Å². The van der Waals surface area contributed by atoms with Crippen molar-refractivity contribution in [2.75, 3.05) is 23.7 Å². The molecule has 1 saturated heterocycles. The second-order valence-electron chi connectivity index (χ2n) is 7.41. The molecule has 3 rings (SSSR count). The molecule has 2 heterocycles. The smallest absolute Gasteiger partial charge is 0.341 e. The van der Waals surface area contributed by atoms with E-state index >= 15 is 0 Å². The molecule has 32 heavy (non-hydrogen) atoms. The summed E-state index contributed by atoms with van der Waals surface area (Å²) in [6, 6.07) is 7.32. The summed E-state index contributed by atoms with van der Waals surface area (Å²) in [7, 11) is 0. The quantitative estimate of drug-likeness (QED) is 0.506. The third kappa shape index (κ3) is 5.97. The molecule has 11 heteroatoms. The van der Waals surface area contributed by atoms with Crippen molar-refractivity contribution in [3.8, 4) is 10.4 Å². The molecule has 1 unspecified atom stereocenters. The zero-order valence-electron chi connectivity index (χ0n) is 17.6. The predicted molar refractivity (Wildman–Crippen MR) is 121 cm³/mol. The molecule has 6 N–H and O–H groups in total. The van der Waals surface area contributed by atoms with Crippen LogP contribution in [0.15, 0.2) is 30.3 Å². The molecular weight excluding hydrogens is 434 g/mol. The van der Waals surface area contributed by atoms with Crippen molar-refractivity contribution in [3.05, 3.63) is 35.9 Å². The van der Waals surface area contributed by atoms with Gasteiger partial charge in [0.2, 0.25) is 5.91 Å². The van der Waals surface area contributed by atoms with Crippen molar-refractivity contribution >= 4 is 46.0 Å². The average Bonchev–Trinajstić information content (AvgIpc) is 2.97. The number of nitrogens with two attached hydrogens (primary N) is 2. The van der Waals surface area contributed by atoms with E-state index in [4.69, 9.17) is 16.2 Å². The lowest BCUT2D eigenvalue weighted by Crippen LogP contribution is -2.41. The second kappa shape index (κ2) is 10.1. The maximum Gasteiger partial charge on any atom is 0.341 e. The van der Waals surface area contributed by atoms with Crippen LogP contribution in [-0.4, -0.2) is 48.0 Å². The molecular formula is C21H25N5O5S. The van der Waals surface area contributed by atoms with E-state index in [1.807, 2.05) is 6.07 Å². The van der Waals surface area contributed by atoms with E-state index in [1.54, 1.807) is 24.3 Å². The van der Waals surface area contributed by atoms with E-state index in [9.17, 15) is 19.2 Å². The fourth-order valence-corrected chi connectivity index (χ4v) is 4.50. The van der Waals surface area contributed by atoms with E-state index in [0.29, 0.717) is 23.5 Å². The van der Waals surface area contributed by atoms with Crippen LogP contribution < -0.4 is 22.1 Å². The SMILES string of the molecule is CC(=O)Nc1cccc(-c2cc(C(=O)OC3CCCCN(C(N)=O)C3)c(NC(N)=O)s2)c1. The highest BCUT2D eigenvalue weighted by atomic mass is 32.1. The first-order valence-corrected chi connectivity index (χ1v) is 10.9. The van der Waals surface area contributed by atoms with Crippen LogP contribution in [0.2, 0.25) is 0 Å². The van der Waals surface area contributed by atoms with Crippen molar-refractivity contribution in [1.82, 2.24) is 4.90 Å². The molecule has 10 nitrogen and oxygen atoms in total. The van der Waals surface area contributed by atoms with Gasteiger partial charge in [0.1, 0.15) is 11.1 Å². The van der Waals surface area contributed by atoms with Crippen molar-refractivity contribution in [2.45, 2.75) is 32.3 Å². The summed E-state index contributed by atoms with van der Waals surface area (Å²) >= 11 is 1.16. The van der Waals surface area contributed by atoms with Gasteiger partial charge < -0.3 is 26.4 Å². The largest absolute Gasteiger partial charge is 0.457 e. The number of rotatable bonds is 5. The Morgan fingerprint density at radius 2 is 1.91 bits per heavy atom. The number of amides is 5. The van der Waals surface area contributed by atoms with Crippen molar-refractivity contribution < 1.29 is 23.9 Å². The number of nitrogens with one attached hydrogen (secondary N) is 2. The highest BCUT2D eigenvalue weighted by Crippen LogP contribution is 2.37. The predicted octanol–water partition coefficient (Wildman–Crippen LogP) is 2.95. The van der Waals surface area contributed by atoms with Crippen LogP contribution in [0.25, 0.3) is 10.4 Å². The third-order valence-corrected chi connectivity index (χ3v) is 5.97. The minimum atomic E-state index is -0.811. The summed E-state index contributed by atoms with van der Waals surface area (Å²) in [6.07, 6.45) is 1.66. The third-order valence-electron chi connectivity index (χ3n) is 4.87. The zero-order chi connectivity index (χ0) is 23.3. The number of hydrogen-bond acceptors (Lipinski definition) is 6. The molecule has 1 atom stereocenters. The lowest BCUT2D eigenvalue weighted by Gasteiger charge is -2.22. The van der Waals surface area contributed by atoms with Gasteiger partial charge in [-0.1, -0.05) is 12.1 Å². The van der Waals surface area contributed by atoms with Crippen molar-refractivity contribution in [3.63, 3.8) is 0 Å². The van der Waals surface area contributed by atoms with Crippen LogP contribution in [0.4, 0.5) is 20.3 Å². The van der Waals surface area contributed by atoms with Gasteiger partial charge in [0.25, 0.3) is 0 Å². The van der Waals surface area contributed by atoms with Gasteiger partial charge in [-0.05, 0) is 43.0 Å². The first kappa shape index (κ1) is 23.1. The number of ether oxygens (including phenoxy) is 1. The van der Waals surface area contributed by atoms with Crippen molar-refractivity contribution in [2.24, 2.45) is 11.5 Å². The molecule has 5 amide bonds. The number of urea groups is 2. The summed E-state index contributed by atoms with van der Waals surface area (Å²) in [5, 5.41) is 5.43. The maximum absolute atomic E-state index is 13.0. The van der Waals surface area contributed by atoms with Gasteiger partial charge in [0.05, 0.1) is 12.1 Å². The molecule has 0 saturated carbocycles. The number of anilines is 2. The van der Waals surface area contributed by atoms with Gasteiger partial charge >= 0.3 is 18.0 Å². The van der Waals surface area contributed by atoms with Crippen LogP contribution in [0.5, 0.6) is 0 Å². The van der Waals surface area contributed by atoms with Crippen LogP contribution in [0.3, 0.4) is 0 Å². The van der Waals surface area contributed by atoms with Crippen LogP contribution in [-0.2, 0) is 9.53 Å². The topological polar surface area (TPSA) is 157 Å². The Balaban J connectivity index is 1.86. The van der Waals surface area contributed by atoms with Gasteiger partial charge in [-0.15, -0.1) is 11.3 Å². The maximum atomic E-state index is 13.0. The number of carbonyl (C=O) groups excluding carboxylic acids is 4. The van der Waals surface area contributed by atoms with Gasteiger partial charge in [-0.3, -0.25) is 10.1 Å². The Kier molecular flexibility index (Phi) is 7.31. The average molecular weight is 460 g/mol. The molecule has 1 aliphatic heterocycles. The van der Waals surface area contributed by atoms with E-state index in [2.05, 4.69) is 10.6 Å². The van der Waals surface area contributed by atoms with Crippen LogP contribution >= 0.6 is 11.3 Å². The number of likely N-dealkylation sites (tertiary alicyclic amines) is 1. The fourth-order valence-electron chi connectivity index (χ4n) is 3.46. The number of hydrogen-bond donors (Lipinski definition) is 4. The molecule has 0 bridgehead atoms. The molecule has 1 aromatic carbocycles. The van der Waals surface area contributed by atoms with E-state index < -0.39 is 24.1 Å². The molecule has 1 fully saturated rings. The Bertz CT molecular complexity index is 1040. The lowest BCUT2D eigenvalue weighted by molar-refractivity contribution is -0.114. The molecule has 170 valence electrons. The number of carbonyl (C=O) groups is 4. The molecule has 0 spiro atoms. The molecule has 0 aliphatic carbocycles. The normalized spacial score (nSPS) is 16.0. The second-order valence-corrected chi connectivity index (χ2v) is 8.46. The zero-order valence-corrected chi connectivity index (χ0v) is 18.4. The number of thiophene rings is 1. The summed E-state index contributed by atoms with van der Waals surface area (Å²) in [6.45, 7) is 2.15. The standard InChI is InChI=1S/C21H25N5O5S/c1-12(27)24-14-6-4-5-13(9-14)17-10-16(18(32-17)25-20(22)29)19(28)31-15-7-2-3-8-26(11-15)21(23)30/h4-6,9-10,15H,2-3,7-8,11H2,1H3,(H2,23,30)(H,24,27)(H3,22,25,29). The molecule has 1 aliphatic rings. The summed E-state index contributed by atoms with van der Waals surface area (Å²) < 4.78 is 5.65. The monoisotopic (exact) mass is 459 g/mol. The number of primary amides is 2. The van der Waals surface area contributed by atoms with E-state index in [0.717, 1.165) is 29.7 Å². The molecule has 1 aromatic heterocycles. The number of nitrogens with zero attached hydrogens (tertiary/aromatic N) is 1. The summed E-state index contributed by atoms with van der Waals surface area (Å²) in [4.78, 5) is 49.5. The first-order valence-electron chi connectivity index (χ1n) is 10.1. The number of benzene rings is 1. The van der Waals surface area contributed by atoms with E-state index in [-0.39, 0.29) is 23.0 Å². The summed E-state index contributed by atoms with van der Waals surface area (Å²) in [5.41, 5.74) is 12.2. The number of esters is 1. The summed E-state index contributed by atoms with van der Waals surface area (Å²) in [5.74, 6) is -0.840. The Morgan fingerprint density at radius 3 is 2.59 bits per heavy atom. The first-order chi connectivity index (χ1) is 15.2. The Hall–Kier alpha value is -3.60. The van der Waals surface area contributed by atoms with Crippen LogP contribution in [0, 0.1) is 0 Å². The lowest BCUT2D eigenvalue weighted by atomic mass is 10.1. The highest BCUT2D eigenvalue weighted by molar-refractivity contribution is 7.20. The van der Waals surface area contributed by atoms with Gasteiger partial charge in [-0.2, -0.15) is 0 Å². The molecule has 0 radical (unpaired) electrons. The Labute approximate surface area is 188 Å². The minimum absolute atomic E-state index is 0.156. The van der Waals surface area contributed by atoms with Gasteiger partial charge in [0.15, 0.2) is 0 Å². The fraction of sp³-hybridized carbons (Fsp3) is 0.333. The van der Waals surface area contributed by atoms with Crippen molar-refractivity contribution in [1.29, 1.82) is 0 Å². The Morgan fingerprint density at radius 1 is 1.12 bits per heavy atom. The van der Waals surface area contributed by atoms with E-state index in [1.165, 1.54) is 11.8 Å². The minimum Gasteiger partial charge on any atom is -0.457 e.